The second-order valence-corrected chi connectivity index (χ2v) is 9.19. The van der Waals surface area contributed by atoms with Crippen molar-refractivity contribution >= 4 is 38.4 Å². The van der Waals surface area contributed by atoms with E-state index in [0.29, 0.717) is 28.7 Å². The lowest BCUT2D eigenvalue weighted by Gasteiger charge is -2.09. The molecule has 0 saturated heterocycles. The Morgan fingerprint density at radius 3 is 2.62 bits per heavy atom. The number of nitrogens with two attached hydrogens (primary N) is 1. The predicted octanol–water partition coefficient (Wildman–Crippen LogP) is 4.15. The van der Waals surface area contributed by atoms with Crippen LogP contribution in [0.1, 0.15) is 6.42 Å². The van der Waals surface area contributed by atoms with Crippen molar-refractivity contribution in [2.45, 2.75) is 10.6 Å². The number of hydrogen-bond donors (Lipinski definition) is 1. The normalized spacial score (nSPS) is 12.3. The third-order valence-electron chi connectivity index (χ3n) is 4.49. The highest BCUT2D eigenvalue weighted by atomic mass is 32.2. The van der Waals surface area contributed by atoms with Gasteiger partial charge in [-0.1, -0.05) is 41.7 Å². The molecule has 4 rings (SSSR count). The molecule has 8 heteroatoms. The molecule has 0 amide bonds. The Hall–Kier alpha value is -2.52. The first-order chi connectivity index (χ1) is 14.2. The van der Waals surface area contributed by atoms with Gasteiger partial charge in [0.25, 0.3) is 0 Å². The van der Waals surface area contributed by atoms with E-state index in [-0.39, 0.29) is 0 Å². The molecular formula is C21H20N4O2S2. The van der Waals surface area contributed by atoms with Crippen LogP contribution in [0.4, 0.5) is 5.69 Å². The Morgan fingerprint density at radius 1 is 1.14 bits per heavy atom. The number of benzene rings is 1. The van der Waals surface area contributed by atoms with Gasteiger partial charge < -0.3 is 15.0 Å². The molecule has 3 heterocycles. The smallest absolute Gasteiger partial charge is 0.232 e. The van der Waals surface area contributed by atoms with E-state index in [1.807, 2.05) is 36.4 Å². The highest BCUT2D eigenvalue weighted by molar-refractivity contribution is 7.93. The van der Waals surface area contributed by atoms with Crippen LogP contribution in [0, 0.1) is 0 Å². The monoisotopic (exact) mass is 424 g/mol. The van der Waals surface area contributed by atoms with Gasteiger partial charge in [0.1, 0.15) is 22.6 Å². The van der Waals surface area contributed by atoms with Crippen molar-refractivity contribution in [3.05, 3.63) is 55.1 Å². The van der Waals surface area contributed by atoms with E-state index in [4.69, 9.17) is 15.5 Å². The maximum absolute atomic E-state index is 12.9. The van der Waals surface area contributed by atoms with Crippen molar-refractivity contribution in [1.82, 2.24) is 15.0 Å². The van der Waals surface area contributed by atoms with Crippen LogP contribution in [-0.2, 0) is 15.9 Å². The van der Waals surface area contributed by atoms with Gasteiger partial charge in [0.05, 0.1) is 12.3 Å². The average Bonchev–Trinajstić information content (AvgIpc) is 3.11. The van der Waals surface area contributed by atoms with Crippen LogP contribution in [-0.4, -0.2) is 39.0 Å². The second kappa shape index (κ2) is 8.87. The van der Waals surface area contributed by atoms with Gasteiger partial charge in [-0.05, 0) is 28.4 Å². The van der Waals surface area contributed by atoms with Crippen LogP contribution in [0.25, 0.3) is 32.6 Å². The number of nitrogens with zero attached hydrogens (tertiary/aromatic N) is 3. The zero-order valence-electron chi connectivity index (χ0n) is 15.9. The number of nitrogen functional groups attached to an aromatic ring is 1. The molecule has 4 aromatic rings. The molecule has 0 bridgehead atoms. The number of fused-ring (bicyclic) bond motifs is 1. The van der Waals surface area contributed by atoms with E-state index in [0.717, 1.165) is 32.6 Å². The van der Waals surface area contributed by atoms with Crippen molar-refractivity contribution < 1.29 is 9.29 Å². The number of methoxy groups -OCH3 is 1. The molecule has 0 spiro atoms. The van der Waals surface area contributed by atoms with Crippen molar-refractivity contribution in [3.63, 3.8) is 0 Å². The summed E-state index contributed by atoms with van der Waals surface area (Å²) < 4.78 is 18.6. The van der Waals surface area contributed by atoms with Gasteiger partial charge in [-0.2, -0.15) is 0 Å². The molecule has 0 radical (unpaired) electrons. The van der Waals surface area contributed by atoms with Crippen LogP contribution in [0.15, 0.2) is 59.3 Å². The maximum Gasteiger partial charge on any atom is 0.232 e. The van der Waals surface area contributed by atoms with E-state index < -0.39 is 11.2 Å². The summed E-state index contributed by atoms with van der Waals surface area (Å²) in [5.41, 5.74) is 10.6. The lowest BCUT2D eigenvalue weighted by atomic mass is 10.0. The van der Waals surface area contributed by atoms with Gasteiger partial charge in [-0.25, -0.2) is 15.0 Å². The number of pyridine rings is 1. The second-order valence-electron chi connectivity index (χ2n) is 6.43. The van der Waals surface area contributed by atoms with Gasteiger partial charge in [-0.3, -0.25) is 0 Å². The van der Waals surface area contributed by atoms with Gasteiger partial charge in [-0.15, -0.1) is 0 Å². The average molecular weight is 425 g/mol. The molecule has 6 nitrogen and oxygen atoms in total. The molecule has 0 aliphatic rings. The summed E-state index contributed by atoms with van der Waals surface area (Å²) in [6.07, 6.45) is 5.67. The fraction of sp³-hybridized carbons (Fsp3) is 0.190. The Morgan fingerprint density at radius 2 is 1.90 bits per heavy atom. The summed E-state index contributed by atoms with van der Waals surface area (Å²) in [6, 6.07) is 12.0. The third-order valence-corrected chi connectivity index (χ3v) is 7.49. The van der Waals surface area contributed by atoms with Gasteiger partial charge >= 0.3 is 0 Å². The standard InChI is InChI=1S/C21H20N4O2S2/c1-27-8-5-9-29(26)21-19(22)18-16(14-6-3-2-4-7-14)10-17(25-20(18)28-21)15-11-23-13-24-12-15/h2-4,6-7,10-13H,5,8-9,22H2,1H3/t29-/m0/s1. The summed E-state index contributed by atoms with van der Waals surface area (Å²) in [5, 5.41) is 0.844. The third kappa shape index (κ3) is 4.11. The maximum atomic E-state index is 12.9. The number of thiophene rings is 1. The number of ether oxygens (including phenoxy) is 1. The lowest BCUT2D eigenvalue weighted by Crippen LogP contribution is -2.09. The molecule has 2 N–H and O–H groups in total. The Labute approximate surface area is 176 Å². The van der Waals surface area contributed by atoms with Crippen molar-refractivity contribution in [2.24, 2.45) is 0 Å². The van der Waals surface area contributed by atoms with Crippen molar-refractivity contribution in [3.8, 4) is 22.4 Å². The first-order valence-electron chi connectivity index (χ1n) is 9.10. The quantitative estimate of drug-likeness (QED) is 0.354. The Bertz CT molecular complexity index is 1100. The van der Waals surface area contributed by atoms with Crippen molar-refractivity contribution in [1.29, 1.82) is 0 Å². The molecule has 0 unspecified atom stereocenters. The zero-order chi connectivity index (χ0) is 20.2. The van der Waals surface area contributed by atoms with Crippen LogP contribution < -0.4 is 5.73 Å². The minimum Gasteiger partial charge on any atom is -0.611 e. The number of aromatic nitrogens is 3. The minimum absolute atomic E-state index is 0.505. The van der Waals surface area contributed by atoms with Crippen LogP contribution in [0.5, 0.6) is 0 Å². The zero-order valence-corrected chi connectivity index (χ0v) is 17.5. The highest BCUT2D eigenvalue weighted by Crippen LogP contribution is 2.43. The molecule has 3 aromatic heterocycles. The number of rotatable bonds is 7. The fourth-order valence-electron chi connectivity index (χ4n) is 3.12. The van der Waals surface area contributed by atoms with E-state index in [1.165, 1.54) is 17.7 Å². The Balaban J connectivity index is 1.88. The molecule has 0 fully saturated rings. The molecular weight excluding hydrogens is 404 g/mol. The minimum atomic E-state index is -1.20. The predicted molar refractivity (Wildman–Crippen MR) is 118 cm³/mol. The number of anilines is 1. The van der Waals surface area contributed by atoms with E-state index in [9.17, 15) is 4.55 Å². The first kappa shape index (κ1) is 19.8. The molecule has 0 aliphatic carbocycles. The lowest BCUT2D eigenvalue weighted by molar-refractivity contribution is 0.199. The SMILES string of the molecule is COCCC[S@+]([O-])c1sc2nc(-c3cncnc3)cc(-c3ccccc3)c2c1N. The van der Waals surface area contributed by atoms with Gasteiger partial charge in [0, 0.05) is 36.9 Å². The van der Waals surface area contributed by atoms with Gasteiger partial charge in [0.15, 0.2) is 0 Å². The van der Waals surface area contributed by atoms with Crippen LogP contribution in [0.3, 0.4) is 0 Å². The van der Waals surface area contributed by atoms with E-state index in [2.05, 4.69) is 9.97 Å². The molecule has 0 aliphatic heterocycles. The summed E-state index contributed by atoms with van der Waals surface area (Å²) in [4.78, 5) is 13.8. The summed E-state index contributed by atoms with van der Waals surface area (Å²) in [6.45, 7) is 0.572. The first-order valence-corrected chi connectivity index (χ1v) is 11.2. The van der Waals surface area contributed by atoms with Crippen LogP contribution >= 0.6 is 11.3 Å². The number of hydrogen-bond acceptors (Lipinski definition) is 7. The summed E-state index contributed by atoms with van der Waals surface area (Å²) in [5.74, 6) is 0.505. The molecule has 1 atom stereocenters. The molecule has 0 saturated carbocycles. The van der Waals surface area contributed by atoms with Crippen molar-refractivity contribution in [2.75, 3.05) is 25.2 Å². The summed E-state index contributed by atoms with van der Waals surface area (Å²) >= 11 is 0.194. The fourth-order valence-corrected chi connectivity index (χ4v) is 5.75. The Kier molecular flexibility index (Phi) is 6.05. The molecule has 29 heavy (non-hydrogen) atoms. The van der Waals surface area contributed by atoms with Gasteiger partial charge in [0.2, 0.25) is 4.21 Å². The summed E-state index contributed by atoms with van der Waals surface area (Å²) in [7, 11) is 1.64. The topological polar surface area (TPSA) is 97.0 Å². The van der Waals surface area contributed by atoms with E-state index in [1.54, 1.807) is 19.5 Å². The van der Waals surface area contributed by atoms with Crippen LogP contribution in [0.2, 0.25) is 0 Å². The highest BCUT2D eigenvalue weighted by Gasteiger charge is 2.24. The van der Waals surface area contributed by atoms with E-state index >= 15 is 0 Å². The molecule has 148 valence electrons. The molecule has 1 aromatic carbocycles. The largest absolute Gasteiger partial charge is 0.611 e.